The van der Waals surface area contributed by atoms with Crippen LogP contribution in [-0.4, -0.2) is 38.3 Å². The Labute approximate surface area is 181 Å². The Balaban J connectivity index is 2.50. The number of halogens is 1. The highest BCUT2D eigenvalue weighted by atomic mass is 79.9. The molecule has 0 atom stereocenters. The monoisotopic (exact) mass is 482 g/mol. The molecule has 1 heterocycles. The lowest BCUT2D eigenvalue weighted by Gasteiger charge is -2.27. The number of anilines is 1. The molecule has 0 spiro atoms. The number of carbonyl (C=O) groups excluding carboxylic acids is 2. The number of benzene rings is 1. The maximum atomic E-state index is 12.7. The predicted molar refractivity (Wildman–Crippen MR) is 113 cm³/mol. The number of ether oxygens (including phenoxy) is 2. The normalized spacial score (nSPS) is 11.7. The first kappa shape index (κ1) is 23.3. The second-order valence-electron chi connectivity index (χ2n) is 8.33. The molecule has 30 heavy (non-hydrogen) atoms. The van der Waals surface area contributed by atoms with Gasteiger partial charge < -0.3 is 14.5 Å². The Bertz CT molecular complexity index is 946. The third-order valence-electron chi connectivity index (χ3n) is 3.34. The molecule has 2 aromatic rings. The van der Waals surface area contributed by atoms with Crippen LogP contribution in [-0.2, 0) is 9.47 Å². The molecule has 0 fully saturated rings. The van der Waals surface area contributed by atoms with Crippen molar-refractivity contribution in [2.45, 2.75) is 52.7 Å². The summed E-state index contributed by atoms with van der Waals surface area (Å²) in [6, 6.07) is 5.80. The number of nitro groups is 1. The van der Waals surface area contributed by atoms with Crippen molar-refractivity contribution in [3.8, 4) is 11.3 Å². The molecule has 11 heteroatoms. The lowest BCUT2D eigenvalue weighted by atomic mass is 10.1. The summed E-state index contributed by atoms with van der Waals surface area (Å²) in [5.74, 6) is -0.160. The van der Waals surface area contributed by atoms with Gasteiger partial charge in [-0.3, -0.25) is 10.1 Å². The summed E-state index contributed by atoms with van der Waals surface area (Å²) >= 11 is 3.29. The van der Waals surface area contributed by atoms with Crippen molar-refractivity contribution in [1.82, 2.24) is 9.97 Å². The number of nitro benzene ring substituents is 1. The van der Waals surface area contributed by atoms with Crippen molar-refractivity contribution in [2.75, 3.05) is 4.90 Å². The van der Waals surface area contributed by atoms with Crippen LogP contribution in [0.15, 0.2) is 28.9 Å². The highest BCUT2D eigenvalue weighted by molar-refractivity contribution is 9.10. The van der Waals surface area contributed by atoms with E-state index in [0.29, 0.717) is 15.1 Å². The smallest absolute Gasteiger partial charge is 0.427 e. The van der Waals surface area contributed by atoms with Crippen LogP contribution in [0.4, 0.5) is 21.2 Å². The summed E-state index contributed by atoms with van der Waals surface area (Å²) in [7, 11) is 0. The average molecular weight is 483 g/mol. The number of aromatic nitrogens is 2. The van der Waals surface area contributed by atoms with E-state index in [9.17, 15) is 19.7 Å². The molecule has 1 aromatic carbocycles. The molecular weight excluding hydrogens is 460 g/mol. The van der Waals surface area contributed by atoms with Crippen molar-refractivity contribution >= 4 is 39.8 Å². The standard InChI is InChI=1S/C19H23BrN4O6/c1-18(2,3)29-16(25)23(17(26)30-19(4,5)6)15-21-13(14(20)22-15)11-8-7-9-12(10-11)24(27)28/h7-10H,1-6H3,(H,21,22). The van der Waals surface area contributed by atoms with Gasteiger partial charge in [-0.15, -0.1) is 4.90 Å². The van der Waals surface area contributed by atoms with Crippen LogP contribution in [0.25, 0.3) is 11.3 Å². The number of rotatable bonds is 3. The Morgan fingerprint density at radius 1 is 1.10 bits per heavy atom. The largest absolute Gasteiger partial charge is 0.443 e. The van der Waals surface area contributed by atoms with Crippen LogP contribution in [0, 0.1) is 10.1 Å². The number of imidazole rings is 1. The van der Waals surface area contributed by atoms with Gasteiger partial charge in [-0.05, 0) is 57.5 Å². The van der Waals surface area contributed by atoms with Gasteiger partial charge in [0.15, 0.2) is 0 Å². The van der Waals surface area contributed by atoms with Gasteiger partial charge >= 0.3 is 12.2 Å². The minimum Gasteiger partial charge on any atom is -0.443 e. The SMILES string of the molecule is CC(C)(C)OC(=O)N(C(=O)OC(C)(C)C)c1nc(-c2cccc([N+](=O)[O-])c2)c(Br)[nH]1. The van der Waals surface area contributed by atoms with Gasteiger partial charge in [-0.2, -0.15) is 0 Å². The third-order valence-corrected chi connectivity index (χ3v) is 3.92. The zero-order chi connectivity index (χ0) is 22.9. The fraction of sp³-hybridized carbons (Fsp3) is 0.421. The van der Waals surface area contributed by atoms with Crippen LogP contribution in [0.3, 0.4) is 0 Å². The number of imide groups is 1. The molecule has 2 rings (SSSR count). The molecule has 0 aliphatic carbocycles. The second-order valence-corrected chi connectivity index (χ2v) is 9.12. The van der Waals surface area contributed by atoms with E-state index in [1.54, 1.807) is 47.6 Å². The van der Waals surface area contributed by atoms with E-state index in [4.69, 9.17) is 9.47 Å². The number of nitrogens with one attached hydrogen (secondary N) is 1. The zero-order valence-electron chi connectivity index (χ0n) is 17.5. The molecule has 0 bridgehead atoms. The Morgan fingerprint density at radius 2 is 1.63 bits per heavy atom. The lowest BCUT2D eigenvalue weighted by Crippen LogP contribution is -2.44. The third kappa shape index (κ3) is 6.02. The Kier molecular flexibility index (Phi) is 6.55. The molecule has 0 unspecified atom stereocenters. The number of non-ortho nitro benzene ring substituents is 1. The molecule has 0 aliphatic rings. The van der Waals surface area contributed by atoms with E-state index < -0.39 is 28.3 Å². The van der Waals surface area contributed by atoms with Crippen LogP contribution < -0.4 is 4.90 Å². The van der Waals surface area contributed by atoms with E-state index in [-0.39, 0.29) is 17.3 Å². The van der Waals surface area contributed by atoms with Crippen molar-refractivity contribution in [2.24, 2.45) is 0 Å². The summed E-state index contributed by atoms with van der Waals surface area (Å²) < 4.78 is 10.9. The first-order chi connectivity index (χ1) is 13.7. The Morgan fingerprint density at radius 3 is 2.10 bits per heavy atom. The molecule has 0 aliphatic heterocycles. The van der Waals surface area contributed by atoms with Crippen LogP contribution in [0.5, 0.6) is 0 Å². The number of carbonyl (C=O) groups is 2. The van der Waals surface area contributed by atoms with Crippen LogP contribution in [0.2, 0.25) is 0 Å². The van der Waals surface area contributed by atoms with Gasteiger partial charge in [0, 0.05) is 17.7 Å². The molecule has 1 N–H and O–H groups in total. The molecule has 0 radical (unpaired) electrons. The number of nitrogens with zero attached hydrogens (tertiary/aromatic N) is 3. The minimum absolute atomic E-state index is 0.125. The van der Waals surface area contributed by atoms with E-state index in [1.165, 1.54) is 18.2 Å². The lowest BCUT2D eigenvalue weighted by molar-refractivity contribution is -0.384. The fourth-order valence-electron chi connectivity index (χ4n) is 2.27. The minimum atomic E-state index is -0.983. The highest BCUT2D eigenvalue weighted by Gasteiger charge is 2.35. The highest BCUT2D eigenvalue weighted by Crippen LogP contribution is 2.31. The summed E-state index contributed by atoms with van der Waals surface area (Å²) in [4.78, 5) is 43.7. The summed E-state index contributed by atoms with van der Waals surface area (Å²) in [5.41, 5.74) is -1.19. The summed E-state index contributed by atoms with van der Waals surface area (Å²) in [6.45, 7) is 9.94. The molecule has 10 nitrogen and oxygen atoms in total. The molecule has 0 saturated heterocycles. The van der Waals surface area contributed by atoms with Gasteiger partial charge in [-0.1, -0.05) is 12.1 Å². The molecular formula is C19H23BrN4O6. The number of amides is 2. The van der Waals surface area contributed by atoms with Crippen LogP contribution in [0.1, 0.15) is 41.5 Å². The van der Waals surface area contributed by atoms with Gasteiger partial charge in [0.05, 0.1) is 4.92 Å². The zero-order valence-corrected chi connectivity index (χ0v) is 19.1. The van der Waals surface area contributed by atoms with E-state index >= 15 is 0 Å². The maximum absolute atomic E-state index is 12.7. The van der Waals surface area contributed by atoms with Crippen molar-refractivity contribution in [3.05, 3.63) is 39.0 Å². The predicted octanol–water partition coefficient (Wildman–Crippen LogP) is 5.42. The summed E-state index contributed by atoms with van der Waals surface area (Å²) in [5, 5.41) is 11.1. The molecule has 2 amide bonds. The average Bonchev–Trinajstić information content (AvgIpc) is 2.92. The molecule has 1 aromatic heterocycles. The molecule has 162 valence electrons. The topological polar surface area (TPSA) is 128 Å². The fourth-order valence-corrected chi connectivity index (χ4v) is 2.76. The van der Waals surface area contributed by atoms with E-state index in [0.717, 1.165) is 0 Å². The number of hydrogen-bond acceptors (Lipinski definition) is 7. The first-order valence-corrected chi connectivity index (χ1v) is 9.73. The van der Waals surface area contributed by atoms with Crippen LogP contribution >= 0.6 is 15.9 Å². The van der Waals surface area contributed by atoms with E-state index in [2.05, 4.69) is 25.9 Å². The van der Waals surface area contributed by atoms with Gasteiger partial charge in [-0.25, -0.2) is 14.6 Å². The van der Waals surface area contributed by atoms with Crippen molar-refractivity contribution in [3.63, 3.8) is 0 Å². The summed E-state index contributed by atoms with van der Waals surface area (Å²) in [6.07, 6.45) is -1.97. The number of aromatic amines is 1. The van der Waals surface area contributed by atoms with Gasteiger partial charge in [0.1, 0.15) is 21.5 Å². The first-order valence-electron chi connectivity index (χ1n) is 8.94. The van der Waals surface area contributed by atoms with Crippen molar-refractivity contribution in [1.29, 1.82) is 0 Å². The second kappa shape index (κ2) is 8.42. The molecule has 0 saturated carbocycles. The Hall–Kier alpha value is -2.95. The maximum Gasteiger partial charge on any atom is 0.427 e. The van der Waals surface area contributed by atoms with Gasteiger partial charge in [0.2, 0.25) is 5.95 Å². The van der Waals surface area contributed by atoms with Crippen molar-refractivity contribution < 1.29 is 24.0 Å². The quantitative estimate of drug-likeness (QED) is 0.456. The van der Waals surface area contributed by atoms with Gasteiger partial charge in [0.25, 0.3) is 5.69 Å². The number of hydrogen-bond donors (Lipinski definition) is 1. The van der Waals surface area contributed by atoms with E-state index in [1.807, 2.05) is 0 Å². The number of H-pyrrole nitrogens is 1.